The van der Waals surface area contributed by atoms with E-state index in [2.05, 4.69) is 29.6 Å². The first-order valence-electron chi connectivity index (χ1n) is 8.74. The fourth-order valence-electron chi connectivity index (χ4n) is 4.07. The van der Waals surface area contributed by atoms with E-state index in [1.165, 1.54) is 70.8 Å². The van der Waals surface area contributed by atoms with Gasteiger partial charge in [0.1, 0.15) is 0 Å². The maximum absolute atomic E-state index is 3.87. The van der Waals surface area contributed by atoms with E-state index in [1.54, 1.807) is 11.1 Å². The van der Waals surface area contributed by atoms with Crippen LogP contribution in [0.3, 0.4) is 0 Å². The number of rotatable bonds is 4. The summed E-state index contributed by atoms with van der Waals surface area (Å²) in [6.07, 6.45) is 14.1. The summed E-state index contributed by atoms with van der Waals surface area (Å²) in [5.74, 6) is 0.997. The van der Waals surface area contributed by atoms with E-state index in [0.29, 0.717) is 6.04 Å². The van der Waals surface area contributed by atoms with Crippen molar-refractivity contribution in [2.75, 3.05) is 6.54 Å². The Morgan fingerprint density at radius 1 is 0.900 bits per heavy atom. The molecule has 0 aliphatic heterocycles. The largest absolute Gasteiger partial charge is 0.310 e. The molecule has 0 amide bonds. The summed E-state index contributed by atoms with van der Waals surface area (Å²) in [7, 11) is 0. The molecule has 0 heterocycles. The van der Waals surface area contributed by atoms with Gasteiger partial charge in [-0.2, -0.15) is 0 Å². The molecule has 0 spiro atoms. The van der Waals surface area contributed by atoms with Crippen molar-refractivity contribution in [1.82, 2.24) is 5.32 Å². The SMILES string of the molecule is c1ccc2c(c1)CCCCC2NCCC1CCCCC1. The highest BCUT2D eigenvalue weighted by atomic mass is 14.9. The van der Waals surface area contributed by atoms with Crippen LogP contribution in [0.25, 0.3) is 0 Å². The molecule has 0 aromatic heterocycles. The molecule has 0 saturated heterocycles. The lowest BCUT2D eigenvalue weighted by Crippen LogP contribution is -2.24. The molecule has 1 fully saturated rings. The maximum Gasteiger partial charge on any atom is 0.0322 e. The quantitative estimate of drug-likeness (QED) is 0.759. The van der Waals surface area contributed by atoms with E-state index >= 15 is 0 Å². The molecule has 1 heteroatoms. The van der Waals surface area contributed by atoms with Gasteiger partial charge in [0.15, 0.2) is 0 Å². The zero-order valence-electron chi connectivity index (χ0n) is 12.7. The van der Waals surface area contributed by atoms with Crippen LogP contribution in [0.4, 0.5) is 0 Å². The minimum absolute atomic E-state index is 0.609. The molecule has 20 heavy (non-hydrogen) atoms. The molecular weight excluding hydrogens is 242 g/mol. The molecule has 0 radical (unpaired) electrons. The maximum atomic E-state index is 3.87. The van der Waals surface area contributed by atoms with Crippen LogP contribution in [-0.4, -0.2) is 6.54 Å². The normalized spacial score (nSPS) is 24.1. The number of hydrogen-bond acceptors (Lipinski definition) is 1. The number of fused-ring (bicyclic) bond motifs is 1. The number of hydrogen-bond donors (Lipinski definition) is 1. The van der Waals surface area contributed by atoms with Gasteiger partial charge in [-0.15, -0.1) is 0 Å². The Labute approximate surface area is 124 Å². The minimum Gasteiger partial charge on any atom is -0.310 e. The van der Waals surface area contributed by atoms with Gasteiger partial charge < -0.3 is 5.32 Å². The summed E-state index contributed by atoms with van der Waals surface area (Å²) in [6.45, 7) is 1.21. The fraction of sp³-hybridized carbons (Fsp3) is 0.684. The van der Waals surface area contributed by atoms with E-state index in [4.69, 9.17) is 0 Å². The smallest absolute Gasteiger partial charge is 0.0322 e. The first kappa shape index (κ1) is 14.1. The van der Waals surface area contributed by atoms with Crippen LogP contribution in [-0.2, 0) is 6.42 Å². The summed E-state index contributed by atoms with van der Waals surface area (Å²) in [6, 6.07) is 9.69. The lowest BCUT2D eigenvalue weighted by Gasteiger charge is -2.24. The average Bonchev–Trinajstić information content (AvgIpc) is 2.71. The third kappa shape index (κ3) is 3.63. The molecule has 2 aliphatic carbocycles. The second kappa shape index (κ2) is 7.26. The van der Waals surface area contributed by atoms with Crippen molar-refractivity contribution in [1.29, 1.82) is 0 Å². The van der Waals surface area contributed by atoms with Crippen molar-refractivity contribution >= 4 is 0 Å². The molecule has 110 valence electrons. The Morgan fingerprint density at radius 2 is 1.70 bits per heavy atom. The van der Waals surface area contributed by atoms with E-state index in [0.717, 1.165) is 5.92 Å². The third-order valence-corrected chi connectivity index (χ3v) is 5.29. The summed E-state index contributed by atoms with van der Waals surface area (Å²) in [4.78, 5) is 0. The first-order valence-corrected chi connectivity index (χ1v) is 8.74. The Bertz CT molecular complexity index is 406. The predicted molar refractivity (Wildman–Crippen MR) is 85.9 cm³/mol. The van der Waals surface area contributed by atoms with Crippen molar-refractivity contribution < 1.29 is 0 Å². The zero-order valence-corrected chi connectivity index (χ0v) is 12.7. The molecule has 1 N–H and O–H groups in total. The van der Waals surface area contributed by atoms with Crippen LogP contribution in [0.2, 0.25) is 0 Å². The Balaban J connectivity index is 1.54. The monoisotopic (exact) mass is 271 g/mol. The Kier molecular flexibility index (Phi) is 5.13. The summed E-state index contributed by atoms with van der Waals surface area (Å²) in [5.41, 5.74) is 3.16. The molecule has 1 aromatic rings. The fourth-order valence-corrected chi connectivity index (χ4v) is 4.07. The molecule has 1 saturated carbocycles. The van der Waals surface area contributed by atoms with Crippen LogP contribution >= 0.6 is 0 Å². The first-order chi connectivity index (χ1) is 9.93. The molecule has 0 bridgehead atoms. The van der Waals surface area contributed by atoms with Gasteiger partial charge in [-0.25, -0.2) is 0 Å². The molecule has 1 unspecified atom stereocenters. The van der Waals surface area contributed by atoms with E-state index in [9.17, 15) is 0 Å². The third-order valence-electron chi connectivity index (χ3n) is 5.29. The van der Waals surface area contributed by atoms with Gasteiger partial charge in [0.25, 0.3) is 0 Å². The summed E-state index contributed by atoms with van der Waals surface area (Å²) >= 11 is 0. The zero-order chi connectivity index (χ0) is 13.6. The van der Waals surface area contributed by atoms with Crippen molar-refractivity contribution in [3.63, 3.8) is 0 Å². The summed E-state index contributed by atoms with van der Waals surface area (Å²) < 4.78 is 0. The minimum atomic E-state index is 0.609. The van der Waals surface area contributed by atoms with Gasteiger partial charge >= 0.3 is 0 Å². The second-order valence-electron chi connectivity index (χ2n) is 6.74. The van der Waals surface area contributed by atoms with Crippen LogP contribution in [0, 0.1) is 5.92 Å². The lowest BCUT2D eigenvalue weighted by molar-refractivity contribution is 0.325. The molecule has 3 rings (SSSR count). The van der Waals surface area contributed by atoms with Gasteiger partial charge in [0, 0.05) is 6.04 Å². The Hall–Kier alpha value is -0.820. The molecule has 1 nitrogen and oxygen atoms in total. The number of nitrogens with one attached hydrogen (secondary N) is 1. The van der Waals surface area contributed by atoms with Crippen LogP contribution in [0.5, 0.6) is 0 Å². The van der Waals surface area contributed by atoms with Gasteiger partial charge in [-0.05, 0) is 49.3 Å². The molecule has 2 aliphatic rings. The van der Waals surface area contributed by atoms with Crippen LogP contribution in [0.15, 0.2) is 24.3 Å². The highest BCUT2D eigenvalue weighted by Gasteiger charge is 2.18. The van der Waals surface area contributed by atoms with Crippen molar-refractivity contribution in [3.05, 3.63) is 35.4 Å². The van der Waals surface area contributed by atoms with Crippen molar-refractivity contribution in [3.8, 4) is 0 Å². The van der Waals surface area contributed by atoms with Crippen molar-refractivity contribution in [2.45, 2.75) is 70.3 Å². The van der Waals surface area contributed by atoms with Gasteiger partial charge in [0.2, 0.25) is 0 Å². The van der Waals surface area contributed by atoms with Crippen molar-refractivity contribution in [2.24, 2.45) is 5.92 Å². The van der Waals surface area contributed by atoms with E-state index in [1.807, 2.05) is 0 Å². The molecule has 1 atom stereocenters. The van der Waals surface area contributed by atoms with E-state index < -0.39 is 0 Å². The summed E-state index contributed by atoms with van der Waals surface area (Å²) in [5, 5.41) is 3.87. The Morgan fingerprint density at radius 3 is 2.60 bits per heavy atom. The standard InChI is InChI=1S/C19H29N/c1-2-8-16(9-3-1)14-15-20-19-13-7-5-11-17-10-4-6-12-18(17)19/h4,6,10,12,16,19-20H,1-3,5,7-9,11,13-15H2. The van der Waals surface area contributed by atoms with Gasteiger partial charge in [-0.3, -0.25) is 0 Å². The predicted octanol–water partition coefficient (Wildman–Crippen LogP) is 5.01. The molecular formula is C19H29N. The van der Waals surface area contributed by atoms with Gasteiger partial charge in [-0.1, -0.05) is 62.8 Å². The highest BCUT2D eigenvalue weighted by Crippen LogP contribution is 2.29. The molecule has 1 aromatic carbocycles. The topological polar surface area (TPSA) is 12.0 Å². The highest BCUT2D eigenvalue weighted by molar-refractivity contribution is 5.31. The second-order valence-corrected chi connectivity index (χ2v) is 6.74. The number of aryl methyl sites for hydroxylation is 1. The number of benzene rings is 1. The van der Waals surface area contributed by atoms with Crippen LogP contribution < -0.4 is 5.32 Å². The average molecular weight is 271 g/mol. The van der Waals surface area contributed by atoms with Crippen LogP contribution in [0.1, 0.15) is 75.0 Å². The van der Waals surface area contributed by atoms with Gasteiger partial charge in [0.05, 0.1) is 0 Å². The van der Waals surface area contributed by atoms with E-state index in [-0.39, 0.29) is 0 Å². The lowest BCUT2D eigenvalue weighted by atomic mass is 9.87.